The molecule has 1 aliphatic rings. The zero-order valence-electron chi connectivity index (χ0n) is 15.3. The number of likely N-dealkylation sites (tertiary alicyclic amines) is 1. The van der Waals surface area contributed by atoms with Crippen molar-refractivity contribution in [1.29, 1.82) is 0 Å². The minimum absolute atomic E-state index is 0.108. The number of rotatable bonds is 3. The van der Waals surface area contributed by atoms with E-state index in [4.69, 9.17) is 4.74 Å². The highest BCUT2D eigenvalue weighted by atomic mass is 16.6. The molecule has 6 heteroatoms. The van der Waals surface area contributed by atoms with Gasteiger partial charge >= 0.3 is 6.09 Å². The second-order valence-electron chi connectivity index (χ2n) is 7.25. The van der Waals surface area contributed by atoms with Crippen molar-refractivity contribution in [3.63, 3.8) is 0 Å². The molecule has 0 atom stereocenters. The van der Waals surface area contributed by atoms with Gasteiger partial charge in [-0.1, -0.05) is 30.3 Å². The lowest BCUT2D eigenvalue weighted by atomic mass is 9.98. The van der Waals surface area contributed by atoms with Crippen molar-refractivity contribution < 1.29 is 14.3 Å². The molecule has 1 aromatic carbocycles. The summed E-state index contributed by atoms with van der Waals surface area (Å²) in [4.78, 5) is 31.2. The lowest BCUT2D eigenvalue weighted by molar-refractivity contribution is 0.0635. The van der Waals surface area contributed by atoms with E-state index in [1.54, 1.807) is 31.9 Å². The highest BCUT2D eigenvalue weighted by Gasteiger charge is 2.28. The summed E-state index contributed by atoms with van der Waals surface area (Å²) in [5, 5.41) is 2.69. The van der Waals surface area contributed by atoms with Gasteiger partial charge in [0, 0.05) is 24.8 Å². The SMILES string of the molecule is CC(C)(C)OC(=O)Nc1cncc(-c2ccccc2)c1C(=O)N1CCC1. The number of hydrogen-bond acceptors (Lipinski definition) is 4. The highest BCUT2D eigenvalue weighted by molar-refractivity contribution is 6.08. The van der Waals surface area contributed by atoms with E-state index in [1.165, 1.54) is 6.20 Å². The Morgan fingerprint density at radius 2 is 1.81 bits per heavy atom. The summed E-state index contributed by atoms with van der Waals surface area (Å²) < 4.78 is 5.32. The normalized spacial score (nSPS) is 13.7. The molecule has 1 saturated heterocycles. The second-order valence-corrected chi connectivity index (χ2v) is 7.25. The Morgan fingerprint density at radius 3 is 2.38 bits per heavy atom. The molecule has 0 unspecified atom stereocenters. The summed E-state index contributed by atoms with van der Waals surface area (Å²) in [6.45, 7) is 6.81. The fourth-order valence-electron chi connectivity index (χ4n) is 2.71. The molecule has 1 aliphatic heterocycles. The quantitative estimate of drug-likeness (QED) is 0.907. The van der Waals surface area contributed by atoms with Gasteiger partial charge in [0.1, 0.15) is 5.60 Å². The van der Waals surface area contributed by atoms with Crippen LogP contribution < -0.4 is 5.32 Å². The highest BCUT2D eigenvalue weighted by Crippen LogP contribution is 2.31. The maximum Gasteiger partial charge on any atom is 0.412 e. The third-order valence-electron chi connectivity index (χ3n) is 4.02. The molecule has 1 aromatic heterocycles. The van der Waals surface area contributed by atoms with Gasteiger partial charge in [-0.3, -0.25) is 15.1 Å². The first-order valence-electron chi connectivity index (χ1n) is 8.68. The van der Waals surface area contributed by atoms with Crippen LogP contribution in [0.25, 0.3) is 11.1 Å². The van der Waals surface area contributed by atoms with Crippen LogP contribution >= 0.6 is 0 Å². The van der Waals surface area contributed by atoms with Gasteiger partial charge in [-0.05, 0) is 32.8 Å². The Kier molecular flexibility index (Phi) is 4.93. The van der Waals surface area contributed by atoms with Gasteiger partial charge in [-0.2, -0.15) is 0 Å². The Bertz CT molecular complexity index is 809. The average molecular weight is 353 g/mol. The first-order chi connectivity index (χ1) is 12.3. The van der Waals surface area contributed by atoms with Gasteiger partial charge in [0.2, 0.25) is 0 Å². The molecule has 2 aromatic rings. The molecule has 2 amide bonds. The molecule has 0 bridgehead atoms. The molecule has 6 nitrogen and oxygen atoms in total. The van der Waals surface area contributed by atoms with E-state index in [-0.39, 0.29) is 5.91 Å². The molecular formula is C20H23N3O3. The van der Waals surface area contributed by atoms with Crippen molar-refractivity contribution >= 4 is 17.7 Å². The number of ether oxygens (including phenoxy) is 1. The van der Waals surface area contributed by atoms with Crippen LogP contribution in [-0.4, -0.2) is 40.6 Å². The lowest BCUT2D eigenvalue weighted by Gasteiger charge is -2.32. The fraction of sp³-hybridized carbons (Fsp3) is 0.350. The second kappa shape index (κ2) is 7.15. The lowest BCUT2D eigenvalue weighted by Crippen LogP contribution is -2.42. The van der Waals surface area contributed by atoms with Crippen LogP contribution in [0.3, 0.4) is 0 Å². The van der Waals surface area contributed by atoms with E-state index in [0.29, 0.717) is 16.8 Å². The van der Waals surface area contributed by atoms with E-state index < -0.39 is 11.7 Å². The fourth-order valence-corrected chi connectivity index (χ4v) is 2.71. The van der Waals surface area contributed by atoms with Crippen LogP contribution in [0.2, 0.25) is 0 Å². The van der Waals surface area contributed by atoms with Crippen molar-refractivity contribution in [2.45, 2.75) is 32.8 Å². The van der Waals surface area contributed by atoms with Crippen molar-refractivity contribution in [3.05, 3.63) is 48.3 Å². The van der Waals surface area contributed by atoms with Crippen LogP contribution in [-0.2, 0) is 4.74 Å². The zero-order valence-corrected chi connectivity index (χ0v) is 15.3. The van der Waals surface area contributed by atoms with Crippen molar-refractivity contribution in [2.24, 2.45) is 0 Å². The number of carbonyl (C=O) groups excluding carboxylic acids is 2. The van der Waals surface area contributed by atoms with E-state index in [9.17, 15) is 9.59 Å². The zero-order chi connectivity index (χ0) is 18.7. The minimum Gasteiger partial charge on any atom is -0.444 e. The van der Waals surface area contributed by atoms with Gasteiger partial charge in [-0.25, -0.2) is 4.79 Å². The molecule has 1 N–H and O–H groups in total. The molecule has 0 spiro atoms. The number of carbonyl (C=O) groups is 2. The summed E-state index contributed by atoms with van der Waals surface area (Å²) in [7, 11) is 0. The molecule has 26 heavy (non-hydrogen) atoms. The number of aromatic nitrogens is 1. The van der Waals surface area contributed by atoms with Crippen molar-refractivity contribution in [1.82, 2.24) is 9.88 Å². The molecule has 136 valence electrons. The average Bonchev–Trinajstić information content (AvgIpc) is 2.52. The minimum atomic E-state index is -0.629. The van der Waals surface area contributed by atoms with Gasteiger partial charge in [0.25, 0.3) is 5.91 Å². The molecule has 0 saturated carbocycles. The summed E-state index contributed by atoms with van der Waals surface area (Å²) >= 11 is 0. The Balaban J connectivity index is 2.00. The smallest absolute Gasteiger partial charge is 0.412 e. The molecule has 0 radical (unpaired) electrons. The third kappa shape index (κ3) is 4.02. The van der Waals surface area contributed by atoms with Crippen LogP contribution in [0.4, 0.5) is 10.5 Å². The molecule has 0 aliphatic carbocycles. The largest absolute Gasteiger partial charge is 0.444 e. The van der Waals surface area contributed by atoms with Crippen molar-refractivity contribution in [3.8, 4) is 11.1 Å². The summed E-state index contributed by atoms with van der Waals surface area (Å²) in [6.07, 6.45) is 3.53. The summed E-state index contributed by atoms with van der Waals surface area (Å²) in [5.74, 6) is -0.108. The number of amides is 2. The van der Waals surface area contributed by atoms with Crippen LogP contribution in [0.15, 0.2) is 42.7 Å². The predicted molar refractivity (Wildman–Crippen MR) is 100 cm³/mol. The monoisotopic (exact) mass is 353 g/mol. The number of pyridine rings is 1. The first kappa shape index (κ1) is 17.9. The molecule has 3 rings (SSSR count). The van der Waals surface area contributed by atoms with Crippen LogP contribution in [0, 0.1) is 0 Å². The Morgan fingerprint density at radius 1 is 1.12 bits per heavy atom. The van der Waals surface area contributed by atoms with E-state index in [2.05, 4.69) is 10.3 Å². The maximum atomic E-state index is 13.0. The molecule has 1 fully saturated rings. The van der Waals surface area contributed by atoms with Crippen LogP contribution in [0.1, 0.15) is 37.6 Å². The van der Waals surface area contributed by atoms with Gasteiger partial charge in [-0.15, -0.1) is 0 Å². The standard InChI is InChI=1S/C20H23N3O3/c1-20(2,3)26-19(25)22-16-13-21-12-15(14-8-5-4-6-9-14)17(16)18(24)23-10-7-11-23/h4-6,8-9,12-13H,7,10-11H2,1-3H3,(H,22,25). The van der Waals surface area contributed by atoms with Gasteiger partial charge in [0.05, 0.1) is 17.4 Å². The van der Waals surface area contributed by atoms with E-state index in [0.717, 1.165) is 25.1 Å². The molecule has 2 heterocycles. The number of benzene rings is 1. The first-order valence-corrected chi connectivity index (χ1v) is 8.68. The predicted octanol–water partition coefficient (Wildman–Crippen LogP) is 3.94. The van der Waals surface area contributed by atoms with Crippen molar-refractivity contribution in [2.75, 3.05) is 18.4 Å². The van der Waals surface area contributed by atoms with Crippen LogP contribution in [0.5, 0.6) is 0 Å². The Hall–Kier alpha value is -2.89. The van der Waals surface area contributed by atoms with Gasteiger partial charge in [0.15, 0.2) is 0 Å². The van der Waals surface area contributed by atoms with E-state index >= 15 is 0 Å². The molecular weight excluding hydrogens is 330 g/mol. The third-order valence-corrected chi connectivity index (χ3v) is 4.02. The van der Waals surface area contributed by atoms with Gasteiger partial charge < -0.3 is 9.64 Å². The van der Waals surface area contributed by atoms with E-state index in [1.807, 2.05) is 30.3 Å². The summed E-state index contributed by atoms with van der Waals surface area (Å²) in [6, 6.07) is 9.56. The number of nitrogens with zero attached hydrogens (tertiary/aromatic N) is 2. The Labute approximate surface area is 153 Å². The summed E-state index contributed by atoms with van der Waals surface area (Å²) in [5.41, 5.74) is 1.73. The number of hydrogen-bond donors (Lipinski definition) is 1. The topological polar surface area (TPSA) is 71.5 Å². The number of anilines is 1. The number of nitrogens with one attached hydrogen (secondary N) is 1. The maximum absolute atomic E-state index is 13.0.